The molecule has 1 heterocycles. The van der Waals surface area contributed by atoms with E-state index in [4.69, 9.17) is 0 Å². The third-order valence-electron chi connectivity index (χ3n) is 2.54. The summed E-state index contributed by atoms with van der Waals surface area (Å²) in [5.41, 5.74) is 3.16. The van der Waals surface area contributed by atoms with Gasteiger partial charge >= 0.3 is 0 Å². The summed E-state index contributed by atoms with van der Waals surface area (Å²) in [6, 6.07) is 6.00. The molecule has 1 aromatic carbocycles. The van der Waals surface area contributed by atoms with E-state index >= 15 is 0 Å². The topological polar surface area (TPSA) is 20.3 Å². The number of hydrogen-bond acceptors (Lipinski definition) is 2. The highest BCUT2D eigenvalue weighted by atomic mass is 16.1. The predicted molar refractivity (Wildman–Crippen MR) is 53.4 cm³/mol. The van der Waals surface area contributed by atoms with Crippen LogP contribution in [0.3, 0.4) is 0 Å². The molecule has 0 saturated carbocycles. The maximum atomic E-state index is 11.5. The molecule has 0 saturated heterocycles. The maximum absolute atomic E-state index is 11.5. The van der Waals surface area contributed by atoms with Gasteiger partial charge in [0.15, 0.2) is 5.78 Å². The van der Waals surface area contributed by atoms with Crippen molar-refractivity contribution >= 4 is 11.5 Å². The van der Waals surface area contributed by atoms with Crippen LogP contribution < -0.4 is 4.90 Å². The van der Waals surface area contributed by atoms with Crippen LogP contribution in [-0.4, -0.2) is 19.4 Å². The average molecular weight is 175 g/mol. The van der Waals surface area contributed by atoms with Gasteiger partial charge in [0.05, 0.1) is 0 Å². The number of rotatable bonds is 0. The molecule has 0 bridgehead atoms. The Hall–Kier alpha value is -1.31. The van der Waals surface area contributed by atoms with Gasteiger partial charge in [-0.2, -0.15) is 0 Å². The van der Waals surface area contributed by atoms with Gasteiger partial charge in [0.1, 0.15) is 0 Å². The van der Waals surface area contributed by atoms with Crippen molar-refractivity contribution in [1.82, 2.24) is 0 Å². The fourth-order valence-electron chi connectivity index (χ4n) is 1.72. The summed E-state index contributed by atoms with van der Waals surface area (Å²) in [7, 11) is 2.03. The van der Waals surface area contributed by atoms with Gasteiger partial charge in [-0.05, 0) is 24.6 Å². The lowest BCUT2D eigenvalue weighted by molar-refractivity contribution is 0.0980. The van der Waals surface area contributed by atoms with Crippen molar-refractivity contribution in [2.45, 2.75) is 13.3 Å². The van der Waals surface area contributed by atoms with E-state index in [1.165, 1.54) is 5.56 Å². The van der Waals surface area contributed by atoms with Gasteiger partial charge in [-0.3, -0.25) is 4.79 Å². The molecule has 0 atom stereocenters. The largest absolute Gasteiger partial charge is 0.374 e. The number of carbonyl (C=O) groups excluding carboxylic acids is 1. The quantitative estimate of drug-likeness (QED) is 0.601. The van der Waals surface area contributed by atoms with Crippen molar-refractivity contribution in [3.8, 4) is 0 Å². The SMILES string of the molecule is Cc1ccc2c(c1)N(C)CCC2=O. The molecule has 68 valence electrons. The second kappa shape index (κ2) is 2.87. The number of Topliss-reactive ketones (excluding diaryl/α,β-unsaturated/α-hetero) is 1. The van der Waals surface area contributed by atoms with Crippen LogP contribution in [0.1, 0.15) is 22.3 Å². The van der Waals surface area contributed by atoms with Gasteiger partial charge in [0.2, 0.25) is 0 Å². The molecular weight excluding hydrogens is 162 g/mol. The molecule has 0 radical (unpaired) electrons. The summed E-state index contributed by atoms with van der Waals surface area (Å²) < 4.78 is 0. The van der Waals surface area contributed by atoms with E-state index in [2.05, 4.69) is 11.0 Å². The predicted octanol–water partition coefficient (Wildman–Crippen LogP) is 2.02. The number of hydrogen-bond donors (Lipinski definition) is 0. The molecule has 1 aromatic rings. The second-order valence-corrected chi connectivity index (χ2v) is 3.62. The molecule has 0 aromatic heterocycles. The standard InChI is InChI=1S/C11H13NO/c1-8-3-4-9-10(7-8)12(2)6-5-11(9)13/h3-4,7H,5-6H2,1-2H3. The maximum Gasteiger partial charge on any atom is 0.166 e. The Bertz CT molecular complexity index is 357. The van der Waals surface area contributed by atoms with Crippen LogP contribution >= 0.6 is 0 Å². The Balaban J connectivity index is 2.57. The molecule has 13 heavy (non-hydrogen) atoms. The molecule has 0 aliphatic carbocycles. The Morgan fingerprint density at radius 3 is 2.92 bits per heavy atom. The molecular formula is C11H13NO. The number of ketones is 1. The Labute approximate surface area is 78.2 Å². The molecule has 0 fully saturated rings. The molecule has 1 aliphatic rings. The minimum absolute atomic E-state index is 0.271. The van der Waals surface area contributed by atoms with Gasteiger partial charge < -0.3 is 4.90 Å². The molecule has 2 heteroatoms. The molecule has 2 rings (SSSR count). The van der Waals surface area contributed by atoms with Crippen LogP contribution in [0.25, 0.3) is 0 Å². The molecule has 0 N–H and O–H groups in total. The summed E-state index contributed by atoms with van der Waals surface area (Å²) in [5.74, 6) is 0.271. The van der Waals surface area contributed by atoms with Crippen molar-refractivity contribution in [1.29, 1.82) is 0 Å². The summed E-state index contributed by atoms with van der Waals surface area (Å²) in [4.78, 5) is 13.7. The van der Waals surface area contributed by atoms with Crippen LogP contribution in [0, 0.1) is 6.92 Å². The van der Waals surface area contributed by atoms with E-state index in [1.807, 2.05) is 26.1 Å². The summed E-state index contributed by atoms with van der Waals surface area (Å²) >= 11 is 0. The Morgan fingerprint density at radius 1 is 1.38 bits per heavy atom. The van der Waals surface area contributed by atoms with E-state index < -0.39 is 0 Å². The second-order valence-electron chi connectivity index (χ2n) is 3.62. The zero-order chi connectivity index (χ0) is 9.42. The van der Waals surface area contributed by atoms with Crippen LogP contribution in [0.4, 0.5) is 5.69 Å². The van der Waals surface area contributed by atoms with Crippen molar-refractivity contribution in [3.05, 3.63) is 29.3 Å². The first-order chi connectivity index (χ1) is 6.18. The highest BCUT2D eigenvalue weighted by Gasteiger charge is 2.19. The van der Waals surface area contributed by atoms with E-state index in [0.29, 0.717) is 6.42 Å². The smallest absolute Gasteiger partial charge is 0.166 e. The summed E-state index contributed by atoms with van der Waals surface area (Å²) in [6.07, 6.45) is 0.645. The molecule has 2 nitrogen and oxygen atoms in total. The normalized spacial score (nSPS) is 15.8. The van der Waals surface area contributed by atoms with E-state index in [-0.39, 0.29) is 5.78 Å². The zero-order valence-electron chi connectivity index (χ0n) is 8.00. The van der Waals surface area contributed by atoms with E-state index in [1.54, 1.807) is 0 Å². The van der Waals surface area contributed by atoms with Gasteiger partial charge in [-0.25, -0.2) is 0 Å². The number of benzene rings is 1. The van der Waals surface area contributed by atoms with Crippen LogP contribution in [0.5, 0.6) is 0 Å². The van der Waals surface area contributed by atoms with Crippen molar-refractivity contribution in [3.63, 3.8) is 0 Å². The fourth-order valence-corrected chi connectivity index (χ4v) is 1.72. The number of nitrogens with zero attached hydrogens (tertiary/aromatic N) is 1. The first-order valence-electron chi connectivity index (χ1n) is 4.53. The van der Waals surface area contributed by atoms with Crippen LogP contribution in [0.15, 0.2) is 18.2 Å². The molecule has 0 spiro atoms. The monoisotopic (exact) mass is 175 g/mol. The fraction of sp³-hybridized carbons (Fsp3) is 0.364. The lowest BCUT2D eigenvalue weighted by atomic mass is 9.99. The van der Waals surface area contributed by atoms with Crippen molar-refractivity contribution in [2.75, 3.05) is 18.5 Å². The van der Waals surface area contributed by atoms with E-state index in [9.17, 15) is 4.79 Å². The summed E-state index contributed by atoms with van der Waals surface area (Å²) in [6.45, 7) is 2.89. The third kappa shape index (κ3) is 1.32. The molecule has 1 aliphatic heterocycles. The molecule has 0 amide bonds. The highest BCUT2D eigenvalue weighted by molar-refractivity contribution is 6.03. The lowest BCUT2D eigenvalue weighted by Crippen LogP contribution is -2.28. The average Bonchev–Trinajstić information content (AvgIpc) is 2.12. The van der Waals surface area contributed by atoms with Gasteiger partial charge in [-0.15, -0.1) is 0 Å². The third-order valence-corrected chi connectivity index (χ3v) is 2.54. The van der Waals surface area contributed by atoms with Gasteiger partial charge in [0, 0.05) is 31.3 Å². The lowest BCUT2D eigenvalue weighted by Gasteiger charge is -2.26. The van der Waals surface area contributed by atoms with Gasteiger partial charge in [0.25, 0.3) is 0 Å². The minimum atomic E-state index is 0.271. The highest BCUT2D eigenvalue weighted by Crippen LogP contribution is 2.26. The molecule has 0 unspecified atom stereocenters. The Kier molecular flexibility index (Phi) is 1.83. The first-order valence-corrected chi connectivity index (χ1v) is 4.53. The number of aryl methyl sites for hydroxylation is 1. The number of fused-ring (bicyclic) bond motifs is 1. The van der Waals surface area contributed by atoms with Crippen LogP contribution in [0.2, 0.25) is 0 Å². The number of anilines is 1. The van der Waals surface area contributed by atoms with E-state index in [0.717, 1.165) is 17.8 Å². The van der Waals surface area contributed by atoms with Crippen molar-refractivity contribution < 1.29 is 4.79 Å². The van der Waals surface area contributed by atoms with Crippen LogP contribution in [-0.2, 0) is 0 Å². The summed E-state index contributed by atoms with van der Waals surface area (Å²) in [5, 5.41) is 0. The van der Waals surface area contributed by atoms with Gasteiger partial charge in [-0.1, -0.05) is 6.07 Å². The Morgan fingerprint density at radius 2 is 2.15 bits per heavy atom. The number of carbonyl (C=O) groups is 1. The minimum Gasteiger partial charge on any atom is -0.374 e. The zero-order valence-corrected chi connectivity index (χ0v) is 8.00. The first kappa shape index (κ1) is 8.30. The van der Waals surface area contributed by atoms with Crippen molar-refractivity contribution in [2.24, 2.45) is 0 Å².